The number of halogens is 1. The molecule has 5 heteroatoms. The molecule has 3 nitrogen and oxygen atoms in total. The van der Waals surface area contributed by atoms with Crippen LogP contribution in [0.5, 0.6) is 0 Å². The Morgan fingerprint density at radius 2 is 2.04 bits per heavy atom. The average Bonchev–Trinajstić information content (AvgIpc) is 2.72. The molecule has 0 saturated heterocycles. The van der Waals surface area contributed by atoms with Crippen molar-refractivity contribution in [3.8, 4) is 0 Å². The number of fused-ring (bicyclic) bond motifs is 1. The monoisotopic (exact) mass is 345 g/mol. The fourth-order valence-corrected chi connectivity index (χ4v) is 3.97. The second kappa shape index (κ2) is 6.30. The van der Waals surface area contributed by atoms with Crippen LogP contribution in [0.2, 0.25) is 5.02 Å². The maximum Gasteiger partial charge on any atom is 0.307 e. The van der Waals surface area contributed by atoms with Crippen molar-refractivity contribution < 1.29 is 9.90 Å². The Labute approximate surface area is 143 Å². The van der Waals surface area contributed by atoms with E-state index in [-0.39, 0.29) is 6.42 Å². The first kappa shape index (κ1) is 16.0. The molecule has 0 amide bonds. The number of hydrogen-bond acceptors (Lipinski definition) is 2. The van der Waals surface area contributed by atoms with Crippen LogP contribution >= 0.6 is 23.4 Å². The molecule has 3 aromatic rings. The van der Waals surface area contributed by atoms with Crippen molar-refractivity contribution in [1.29, 1.82) is 0 Å². The number of carboxylic acid groups (broad SMARTS) is 1. The number of aryl methyl sites for hydroxylation is 1. The van der Waals surface area contributed by atoms with Crippen molar-refractivity contribution >= 4 is 40.2 Å². The van der Waals surface area contributed by atoms with Crippen LogP contribution < -0.4 is 0 Å². The maximum atomic E-state index is 10.9. The third kappa shape index (κ3) is 3.23. The Balaban J connectivity index is 2.03. The van der Waals surface area contributed by atoms with E-state index in [0.717, 1.165) is 32.0 Å². The van der Waals surface area contributed by atoms with Gasteiger partial charge in [-0.1, -0.05) is 35.5 Å². The van der Waals surface area contributed by atoms with Crippen molar-refractivity contribution in [3.63, 3.8) is 0 Å². The van der Waals surface area contributed by atoms with Crippen LogP contribution in [0.15, 0.2) is 52.3 Å². The van der Waals surface area contributed by atoms with Gasteiger partial charge < -0.3 is 9.67 Å². The summed E-state index contributed by atoms with van der Waals surface area (Å²) >= 11 is 7.80. The molecule has 0 saturated carbocycles. The minimum absolute atomic E-state index is 0.0365. The Morgan fingerprint density at radius 3 is 2.78 bits per heavy atom. The highest BCUT2D eigenvalue weighted by atomic mass is 35.5. The topological polar surface area (TPSA) is 42.2 Å². The molecule has 0 atom stereocenters. The summed E-state index contributed by atoms with van der Waals surface area (Å²) in [5.74, 6) is -0.819. The standard InChI is InChI=1S/C18H16ClNO2S/c1-11-18(15-10-13(19)6-7-16(15)20(11)2)23-14-5-3-4-12(8-14)9-17(21)22/h3-8,10H,9H2,1-2H3,(H,21,22). The van der Waals surface area contributed by atoms with Gasteiger partial charge in [-0.15, -0.1) is 0 Å². The predicted octanol–water partition coefficient (Wildman–Crippen LogP) is 4.92. The van der Waals surface area contributed by atoms with E-state index in [0.29, 0.717) is 5.02 Å². The SMILES string of the molecule is Cc1c(Sc2cccc(CC(=O)O)c2)c2cc(Cl)ccc2n1C. The molecular formula is C18H16ClNO2S. The Kier molecular flexibility index (Phi) is 4.37. The number of rotatable bonds is 4. The minimum Gasteiger partial charge on any atom is -0.481 e. The average molecular weight is 346 g/mol. The highest BCUT2D eigenvalue weighted by Gasteiger charge is 2.14. The third-order valence-electron chi connectivity index (χ3n) is 3.87. The van der Waals surface area contributed by atoms with Gasteiger partial charge in [0.25, 0.3) is 0 Å². The number of benzene rings is 2. The zero-order valence-corrected chi connectivity index (χ0v) is 14.4. The molecule has 0 bridgehead atoms. The number of hydrogen-bond donors (Lipinski definition) is 1. The maximum absolute atomic E-state index is 10.9. The summed E-state index contributed by atoms with van der Waals surface area (Å²) in [6.07, 6.45) is 0.0365. The van der Waals surface area contributed by atoms with Crippen molar-refractivity contribution in [2.75, 3.05) is 0 Å². The van der Waals surface area contributed by atoms with Gasteiger partial charge in [-0.25, -0.2) is 0 Å². The van der Waals surface area contributed by atoms with E-state index < -0.39 is 5.97 Å². The fraction of sp³-hybridized carbons (Fsp3) is 0.167. The molecule has 0 radical (unpaired) electrons. The van der Waals surface area contributed by atoms with E-state index in [1.807, 2.05) is 49.5 Å². The quantitative estimate of drug-likeness (QED) is 0.729. The van der Waals surface area contributed by atoms with Crippen LogP contribution in [0, 0.1) is 6.92 Å². The molecular weight excluding hydrogens is 330 g/mol. The first-order valence-corrected chi connectivity index (χ1v) is 8.38. The molecule has 23 heavy (non-hydrogen) atoms. The van der Waals surface area contributed by atoms with E-state index in [9.17, 15) is 4.79 Å². The first-order chi connectivity index (χ1) is 11.0. The Bertz CT molecular complexity index is 901. The summed E-state index contributed by atoms with van der Waals surface area (Å²) in [6.45, 7) is 2.08. The van der Waals surface area contributed by atoms with E-state index in [1.165, 1.54) is 0 Å². The molecule has 3 rings (SSSR count). The van der Waals surface area contributed by atoms with Gasteiger partial charge in [0.15, 0.2) is 0 Å². The summed E-state index contributed by atoms with van der Waals surface area (Å²) < 4.78 is 2.15. The summed E-state index contributed by atoms with van der Waals surface area (Å²) in [5, 5.41) is 10.8. The second-order valence-corrected chi connectivity index (χ2v) is 6.98. The Morgan fingerprint density at radius 1 is 1.26 bits per heavy atom. The number of nitrogens with zero attached hydrogens (tertiary/aromatic N) is 1. The van der Waals surface area contributed by atoms with Crippen LogP contribution in [-0.4, -0.2) is 15.6 Å². The number of carboxylic acids is 1. The fourth-order valence-electron chi connectivity index (χ4n) is 2.65. The van der Waals surface area contributed by atoms with Gasteiger partial charge in [-0.3, -0.25) is 4.79 Å². The second-order valence-electron chi connectivity index (χ2n) is 5.46. The van der Waals surface area contributed by atoms with Crippen molar-refractivity contribution in [1.82, 2.24) is 4.57 Å². The normalized spacial score (nSPS) is 11.1. The lowest BCUT2D eigenvalue weighted by molar-refractivity contribution is -0.136. The van der Waals surface area contributed by atoms with E-state index in [2.05, 4.69) is 11.5 Å². The van der Waals surface area contributed by atoms with Crippen molar-refractivity contribution in [3.05, 3.63) is 58.7 Å². The number of carbonyl (C=O) groups is 1. The van der Waals surface area contributed by atoms with E-state index in [4.69, 9.17) is 16.7 Å². The van der Waals surface area contributed by atoms with Gasteiger partial charge in [0, 0.05) is 38.5 Å². The summed E-state index contributed by atoms with van der Waals surface area (Å²) in [6, 6.07) is 13.6. The molecule has 1 aromatic heterocycles. The van der Waals surface area contributed by atoms with Gasteiger partial charge in [0.05, 0.1) is 6.42 Å². The van der Waals surface area contributed by atoms with Crippen LogP contribution in [0.4, 0.5) is 0 Å². The molecule has 0 unspecified atom stereocenters. The van der Waals surface area contributed by atoms with Gasteiger partial charge in [-0.2, -0.15) is 0 Å². The molecule has 118 valence electrons. The molecule has 0 fully saturated rings. The summed E-state index contributed by atoms with van der Waals surface area (Å²) in [4.78, 5) is 13.1. The smallest absolute Gasteiger partial charge is 0.307 e. The predicted molar refractivity (Wildman–Crippen MR) is 94.6 cm³/mol. The molecule has 0 aliphatic heterocycles. The lowest BCUT2D eigenvalue weighted by Gasteiger charge is -2.05. The minimum atomic E-state index is -0.819. The zero-order valence-electron chi connectivity index (χ0n) is 12.8. The lowest BCUT2D eigenvalue weighted by Crippen LogP contribution is -1.99. The van der Waals surface area contributed by atoms with Crippen molar-refractivity contribution in [2.24, 2.45) is 7.05 Å². The van der Waals surface area contributed by atoms with Gasteiger partial charge in [-0.05, 0) is 42.8 Å². The summed E-state index contributed by atoms with van der Waals surface area (Å²) in [7, 11) is 2.04. The number of aliphatic carboxylic acids is 1. The largest absolute Gasteiger partial charge is 0.481 e. The van der Waals surface area contributed by atoms with Crippen LogP contribution in [0.3, 0.4) is 0 Å². The van der Waals surface area contributed by atoms with Gasteiger partial charge in [0.2, 0.25) is 0 Å². The molecule has 1 heterocycles. The zero-order chi connectivity index (χ0) is 16.6. The Hall–Kier alpha value is -1.91. The molecule has 0 spiro atoms. The van der Waals surface area contributed by atoms with Crippen molar-refractivity contribution in [2.45, 2.75) is 23.1 Å². The third-order valence-corrected chi connectivity index (χ3v) is 5.31. The highest BCUT2D eigenvalue weighted by molar-refractivity contribution is 7.99. The first-order valence-electron chi connectivity index (χ1n) is 7.19. The lowest BCUT2D eigenvalue weighted by atomic mass is 10.2. The number of aromatic nitrogens is 1. The summed E-state index contributed by atoms with van der Waals surface area (Å²) in [5.41, 5.74) is 3.10. The highest BCUT2D eigenvalue weighted by Crippen LogP contribution is 2.39. The molecule has 0 aliphatic carbocycles. The van der Waals surface area contributed by atoms with Gasteiger partial charge in [0.1, 0.15) is 0 Å². The van der Waals surface area contributed by atoms with E-state index >= 15 is 0 Å². The van der Waals surface area contributed by atoms with E-state index in [1.54, 1.807) is 11.8 Å². The van der Waals surface area contributed by atoms with Crippen LogP contribution in [0.1, 0.15) is 11.3 Å². The van der Waals surface area contributed by atoms with Crippen LogP contribution in [-0.2, 0) is 18.3 Å². The molecule has 1 N–H and O–H groups in total. The van der Waals surface area contributed by atoms with Crippen LogP contribution in [0.25, 0.3) is 10.9 Å². The van der Waals surface area contributed by atoms with Gasteiger partial charge >= 0.3 is 5.97 Å². The molecule has 2 aromatic carbocycles. The molecule has 0 aliphatic rings.